The van der Waals surface area contributed by atoms with Crippen molar-refractivity contribution in [2.75, 3.05) is 7.11 Å². The van der Waals surface area contributed by atoms with Crippen LogP contribution in [0.2, 0.25) is 0 Å². The van der Waals surface area contributed by atoms with Crippen molar-refractivity contribution in [1.29, 1.82) is 0 Å². The molecule has 1 N–H and O–H groups in total. The third kappa shape index (κ3) is 4.90. The minimum absolute atomic E-state index is 0.435. The number of hydrogen-bond donors (Lipinski definition) is 1. The zero-order valence-electron chi connectivity index (χ0n) is 16.1. The highest BCUT2D eigenvalue weighted by Crippen LogP contribution is 2.34. The first-order valence-electron chi connectivity index (χ1n) is 9.48. The van der Waals surface area contributed by atoms with E-state index in [1.54, 1.807) is 19.3 Å². The van der Waals surface area contributed by atoms with Crippen LogP contribution in [0.25, 0.3) is 0 Å². The summed E-state index contributed by atoms with van der Waals surface area (Å²) in [5.74, 6) is 2.32. The summed E-state index contributed by atoms with van der Waals surface area (Å²) in [5.41, 5.74) is 0.187. The maximum Gasteiger partial charge on any atom is 0.136 e. The second kappa shape index (κ2) is 8.59. The Labute approximate surface area is 161 Å². The predicted octanol–water partition coefficient (Wildman–Crippen LogP) is 4.79. The Balaban J connectivity index is 1.70. The molecule has 1 saturated carbocycles. The summed E-state index contributed by atoms with van der Waals surface area (Å²) in [6.45, 7) is 9.09. The summed E-state index contributed by atoms with van der Waals surface area (Å²) in [6.07, 6.45) is 6.74. The Morgan fingerprint density at radius 1 is 1.11 bits per heavy atom. The Hall–Kier alpha value is -2.30. The third-order valence-corrected chi connectivity index (χ3v) is 5.05. The molecule has 2 aromatic rings. The van der Waals surface area contributed by atoms with Crippen molar-refractivity contribution in [2.45, 2.75) is 50.4 Å². The summed E-state index contributed by atoms with van der Waals surface area (Å²) in [4.78, 5) is 2.43. The zero-order chi connectivity index (χ0) is 19.3. The van der Waals surface area contributed by atoms with Crippen LogP contribution in [0.1, 0.15) is 42.8 Å². The molecule has 0 radical (unpaired) electrons. The largest absolute Gasteiger partial charge is 0.497 e. The van der Waals surface area contributed by atoms with Crippen molar-refractivity contribution in [3.8, 4) is 5.75 Å². The van der Waals surface area contributed by atoms with Gasteiger partial charge >= 0.3 is 0 Å². The van der Waals surface area contributed by atoms with Crippen LogP contribution in [0, 0.1) is 0 Å². The van der Waals surface area contributed by atoms with Crippen molar-refractivity contribution in [1.82, 2.24) is 4.90 Å². The predicted molar refractivity (Wildman–Crippen MR) is 107 cm³/mol. The molecule has 0 saturated heterocycles. The van der Waals surface area contributed by atoms with Crippen molar-refractivity contribution < 1.29 is 14.3 Å². The lowest BCUT2D eigenvalue weighted by Crippen LogP contribution is -2.25. The molecule has 4 nitrogen and oxygen atoms in total. The third-order valence-electron chi connectivity index (χ3n) is 5.05. The number of methoxy groups -OCH3 is 1. The molecule has 1 fully saturated rings. The molecule has 1 aliphatic carbocycles. The van der Waals surface area contributed by atoms with Crippen LogP contribution < -0.4 is 4.74 Å². The molecule has 0 bridgehead atoms. The fourth-order valence-corrected chi connectivity index (χ4v) is 3.39. The number of ether oxygens (including phenoxy) is 1. The summed E-state index contributed by atoms with van der Waals surface area (Å²) in [6, 6.07) is 12.6. The lowest BCUT2D eigenvalue weighted by Gasteiger charge is -2.24. The Morgan fingerprint density at radius 3 is 2.33 bits per heavy atom. The van der Waals surface area contributed by atoms with Gasteiger partial charge in [0.15, 0.2) is 0 Å². The van der Waals surface area contributed by atoms with Gasteiger partial charge in [-0.25, -0.2) is 0 Å². The molecule has 144 valence electrons. The Bertz CT molecular complexity index is 748. The molecular formula is C23H29NO3. The number of aliphatic hydroxyl groups is 1. The van der Waals surface area contributed by atoms with Gasteiger partial charge in [-0.1, -0.05) is 24.3 Å². The van der Waals surface area contributed by atoms with E-state index in [4.69, 9.17) is 9.15 Å². The fourth-order valence-electron chi connectivity index (χ4n) is 3.39. The molecule has 1 heterocycles. The summed E-state index contributed by atoms with van der Waals surface area (Å²) < 4.78 is 11.3. The first kappa shape index (κ1) is 19.5. The molecule has 0 amide bonds. The molecule has 0 atom stereocenters. The van der Waals surface area contributed by atoms with Crippen molar-refractivity contribution >= 4 is 0 Å². The molecule has 1 aromatic heterocycles. The van der Waals surface area contributed by atoms with Crippen LogP contribution in [0.4, 0.5) is 0 Å². The lowest BCUT2D eigenvalue weighted by molar-refractivity contribution is 0.0186. The molecular weight excluding hydrogens is 338 g/mol. The van der Waals surface area contributed by atoms with E-state index >= 15 is 0 Å². The minimum atomic E-state index is -1.07. The summed E-state index contributed by atoms with van der Waals surface area (Å²) >= 11 is 0. The summed E-state index contributed by atoms with van der Waals surface area (Å²) in [7, 11) is 1.68. The molecule has 27 heavy (non-hydrogen) atoms. The van der Waals surface area contributed by atoms with Crippen LogP contribution in [-0.2, 0) is 18.7 Å². The Kier molecular flexibility index (Phi) is 6.19. The van der Waals surface area contributed by atoms with E-state index in [1.165, 1.54) is 18.4 Å². The molecule has 0 aliphatic heterocycles. The van der Waals surface area contributed by atoms with Crippen molar-refractivity contribution in [2.24, 2.45) is 0 Å². The second-order valence-electron chi connectivity index (χ2n) is 7.27. The van der Waals surface area contributed by atoms with Crippen LogP contribution >= 0.6 is 0 Å². The first-order valence-corrected chi connectivity index (χ1v) is 9.48. The van der Waals surface area contributed by atoms with Crippen LogP contribution in [0.15, 0.2) is 66.1 Å². The number of benzene rings is 1. The van der Waals surface area contributed by atoms with Crippen LogP contribution in [-0.4, -0.2) is 23.2 Å². The quantitative estimate of drug-likeness (QED) is 0.580. The van der Waals surface area contributed by atoms with Crippen molar-refractivity contribution in [3.05, 3.63) is 78.8 Å². The molecule has 3 rings (SSSR count). The van der Waals surface area contributed by atoms with Gasteiger partial charge in [0.05, 0.1) is 13.7 Å². The molecule has 1 aliphatic rings. The highest BCUT2D eigenvalue weighted by Gasteiger charge is 2.32. The van der Waals surface area contributed by atoms with Gasteiger partial charge in [0.1, 0.15) is 22.9 Å². The van der Waals surface area contributed by atoms with Gasteiger partial charge in [-0.3, -0.25) is 4.90 Å². The smallest absolute Gasteiger partial charge is 0.136 e. The number of furan rings is 1. The van der Waals surface area contributed by atoms with E-state index in [0.717, 1.165) is 24.6 Å². The van der Waals surface area contributed by atoms with Gasteiger partial charge in [0.25, 0.3) is 0 Å². The number of nitrogens with zero attached hydrogens (tertiary/aromatic N) is 1. The van der Waals surface area contributed by atoms with Gasteiger partial charge < -0.3 is 14.3 Å². The summed E-state index contributed by atoms with van der Waals surface area (Å²) in [5, 5.41) is 10.9. The van der Waals surface area contributed by atoms with Gasteiger partial charge in [0, 0.05) is 25.4 Å². The maximum absolute atomic E-state index is 10.9. The topological polar surface area (TPSA) is 45.8 Å². The standard InChI is InChI=1S/C23H29NO3/c1-4-14-23(25,15-5-2)22-13-12-21(27-22)17-24(19-8-9-19)16-18-6-10-20(26-3)11-7-18/h4-7,10-13,19,25H,1-2,8-9,14-17H2,3H3. The van der Waals surface area contributed by atoms with E-state index in [-0.39, 0.29) is 0 Å². The van der Waals surface area contributed by atoms with Gasteiger partial charge in [0.2, 0.25) is 0 Å². The maximum atomic E-state index is 10.9. The van der Waals surface area contributed by atoms with E-state index in [2.05, 4.69) is 30.2 Å². The highest BCUT2D eigenvalue weighted by molar-refractivity contribution is 5.27. The first-order chi connectivity index (χ1) is 13.1. The highest BCUT2D eigenvalue weighted by atomic mass is 16.5. The van der Waals surface area contributed by atoms with Crippen molar-refractivity contribution in [3.63, 3.8) is 0 Å². The zero-order valence-corrected chi connectivity index (χ0v) is 16.1. The number of rotatable bonds is 11. The molecule has 4 heteroatoms. The van der Waals surface area contributed by atoms with Gasteiger partial charge in [-0.15, -0.1) is 13.2 Å². The van der Waals surface area contributed by atoms with E-state index in [1.807, 2.05) is 24.3 Å². The average molecular weight is 367 g/mol. The van der Waals surface area contributed by atoms with E-state index in [9.17, 15) is 5.11 Å². The van der Waals surface area contributed by atoms with E-state index in [0.29, 0.717) is 24.6 Å². The average Bonchev–Trinajstić information content (AvgIpc) is 3.41. The fraction of sp³-hybridized carbons (Fsp3) is 0.391. The second-order valence-corrected chi connectivity index (χ2v) is 7.27. The van der Waals surface area contributed by atoms with Gasteiger partial charge in [-0.2, -0.15) is 0 Å². The SMILES string of the molecule is C=CCC(O)(CC=C)c1ccc(CN(Cc2ccc(OC)cc2)C2CC2)o1. The van der Waals surface area contributed by atoms with Gasteiger partial charge in [-0.05, 0) is 42.7 Å². The van der Waals surface area contributed by atoms with Crippen LogP contribution in [0.3, 0.4) is 0 Å². The molecule has 0 unspecified atom stereocenters. The monoisotopic (exact) mass is 367 g/mol. The molecule has 1 aromatic carbocycles. The Morgan fingerprint density at radius 2 is 1.78 bits per heavy atom. The minimum Gasteiger partial charge on any atom is -0.497 e. The van der Waals surface area contributed by atoms with E-state index < -0.39 is 5.60 Å². The molecule has 0 spiro atoms. The lowest BCUT2D eigenvalue weighted by atomic mass is 9.93. The normalized spacial score (nSPS) is 14.3. The van der Waals surface area contributed by atoms with Crippen LogP contribution in [0.5, 0.6) is 5.75 Å². The number of hydrogen-bond acceptors (Lipinski definition) is 4.